The number of hydrogen-bond acceptors (Lipinski definition) is 4. The highest BCUT2D eigenvalue weighted by Crippen LogP contribution is 2.19. The van der Waals surface area contributed by atoms with Crippen LogP contribution in [0, 0.1) is 6.92 Å². The Morgan fingerprint density at radius 3 is 2.56 bits per heavy atom. The molecule has 1 aromatic carbocycles. The Labute approximate surface area is 107 Å². The monoisotopic (exact) mass is 242 g/mol. The van der Waals surface area contributed by atoms with Gasteiger partial charge < -0.3 is 11.1 Å². The Hall–Kier alpha value is -1.94. The van der Waals surface area contributed by atoms with Gasteiger partial charge in [0.25, 0.3) is 0 Å². The van der Waals surface area contributed by atoms with Crippen molar-refractivity contribution >= 4 is 5.95 Å². The summed E-state index contributed by atoms with van der Waals surface area (Å²) in [5.74, 6) is 0.615. The molecule has 0 saturated carbocycles. The van der Waals surface area contributed by atoms with Crippen LogP contribution in [0.3, 0.4) is 0 Å². The Kier molecular flexibility index (Phi) is 3.89. The first-order chi connectivity index (χ1) is 8.69. The molecule has 1 aromatic heterocycles. The number of benzene rings is 1. The lowest BCUT2D eigenvalue weighted by Gasteiger charge is -2.11. The molecule has 0 saturated heterocycles. The highest BCUT2D eigenvalue weighted by atomic mass is 15.1. The quantitative estimate of drug-likeness (QED) is 0.862. The van der Waals surface area contributed by atoms with Gasteiger partial charge in [-0.15, -0.1) is 0 Å². The SMILES string of the molecule is Cc1cccc(-c2cnc(NC(C)CN)nc2)c1. The fraction of sp³-hybridized carbons (Fsp3) is 0.286. The van der Waals surface area contributed by atoms with Crippen molar-refractivity contribution in [3.8, 4) is 11.1 Å². The Morgan fingerprint density at radius 1 is 1.22 bits per heavy atom. The average molecular weight is 242 g/mol. The van der Waals surface area contributed by atoms with E-state index in [0.717, 1.165) is 11.1 Å². The lowest BCUT2D eigenvalue weighted by atomic mass is 10.1. The minimum absolute atomic E-state index is 0.176. The van der Waals surface area contributed by atoms with Crippen molar-refractivity contribution in [3.63, 3.8) is 0 Å². The zero-order chi connectivity index (χ0) is 13.0. The summed E-state index contributed by atoms with van der Waals surface area (Å²) in [5, 5.41) is 3.13. The molecule has 1 atom stereocenters. The molecule has 94 valence electrons. The van der Waals surface area contributed by atoms with Crippen LogP contribution in [-0.4, -0.2) is 22.6 Å². The molecule has 18 heavy (non-hydrogen) atoms. The third-order valence-electron chi connectivity index (χ3n) is 2.73. The van der Waals surface area contributed by atoms with Crippen LogP contribution in [0.25, 0.3) is 11.1 Å². The number of hydrogen-bond donors (Lipinski definition) is 2. The maximum Gasteiger partial charge on any atom is 0.222 e. The molecule has 0 bridgehead atoms. The molecule has 4 heteroatoms. The van der Waals surface area contributed by atoms with Gasteiger partial charge in [0.15, 0.2) is 0 Å². The van der Waals surface area contributed by atoms with E-state index >= 15 is 0 Å². The molecule has 0 amide bonds. The van der Waals surface area contributed by atoms with Crippen LogP contribution in [0.1, 0.15) is 12.5 Å². The lowest BCUT2D eigenvalue weighted by Crippen LogP contribution is -2.26. The summed E-state index contributed by atoms with van der Waals surface area (Å²) < 4.78 is 0. The molecule has 0 radical (unpaired) electrons. The van der Waals surface area contributed by atoms with Crippen molar-refractivity contribution in [2.75, 3.05) is 11.9 Å². The van der Waals surface area contributed by atoms with Gasteiger partial charge in [-0.2, -0.15) is 0 Å². The van der Waals surface area contributed by atoms with E-state index in [4.69, 9.17) is 5.73 Å². The Balaban J connectivity index is 2.17. The van der Waals surface area contributed by atoms with Crippen molar-refractivity contribution in [3.05, 3.63) is 42.2 Å². The van der Waals surface area contributed by atoms with Crippen LogP contribution in [0.4, 0.5) is 5.95 Å². The van der Waals surface area contributed by atoms with Gasteiger partial charge in [-0.1, -0.05) is 29.8 Å². The van der Waals surface area contributed by atoms with E-state index in [2.05, 4.69) is 40.4 Å². The van der Waals surface area contributed by atoms with Gasteiger partial charge in [0.1, 0.15) is 0 Å². The summed E-state index contributed by atoms with van der Waals surface area (Å²) in [6.45, 7) is 4.63. The predicted molar refractivity (Wildman–Crippen MR) is 74.3 cm³/mol. The second kappa shape index (κ2) is 5.60. The zero-order valence-electron chi connectivity index (χ0n) is 10.7. The van der Waals surface area contributed by atoms with E-state index in [1.54, 1.807) is 0 Å². The van der Waals surface area contributed by atoms with Gasteiger partial charge in [0, 0.05) is 30.5 Å². The molecule has 3 N–H and O–H groups in total. The smallest absolute Gasteiger partial charge is 0.222 e. The minimum Gasteiger partial charge on any atom is -0.351 e. The topological polar surface area (TPSA) is 63.8 Å². The van der Waals surface area contributed by atoms with E-state index in [1.165, 1.54) is 5.56 Å². The van der Waals surface area contributed by atoms with Crippen molar-refractivity contribution in [2.24, 2.45) is 5.73 Å². The Bertz CT molecular complexity index is 507. The van der Waals surface area contributed by atoms with E-state index in [0.29, 0.717) is 12.5 Å². The van der Waals surface area contributed by atoms with E-state index in [1.807, 2.05) is 25.4 Å². The number of nitrogens with two attached hydrogens (primary N) is 1. The van der Waals surface area contributed by atoms with E-state index in [-0.39, 0.29) is 6.04 Å². The van der Waals surface area contributed by atoms with Gasteiger partial charge in [0.05, 0.1) is 0 Å². The van der Waals surface area contributed by atoms with Gasteiger partial charge in [-0.05, 0) is 19.4 Å². The van der Waals surface area contributed by atoms with Crippen LogP contribution in [-0.2, 0) is 0 Å². The number of nitrogens with zero attached hydrogens (tertiary/aromatic N) is 2. The highest BCUT2D eigenvalue weighted by molar-refractivity contribution is 5.62. The number of nitrogens with one attached hydrogen (secondary N) is 1. The summed E-state index contributed by atoms with van der Waals surface area (Å²) in [4.78, 5) is 8.59. The maximum absolute atomic E-state index is 5.54. The summed E-state index contributed by atoms with van der Waals surface area (Å²) in [6.07, 6.45) is 3.65. The molecule has 0 aliphatic carbocycles. The summed E-state index contributed by atoms with van der Waals surface area (Å²) in [5.41, 5.74) is 8.92. The van der Waals surface area contributed by atoms with Crippen LogP contribution in [0.2, 0.25) is 0 Å². The average Bonchev–Trinajstić information content (AvgIpc) is 2.39. The van der Waals surface area contributed by atoms with Crippen molar-refractivity contribution in [1.82, 2.24) is 9.97 Å². The molecule has 0 aliphatic heterocycles. The maximum atomic E-state index is 5.54. The lowest BCUT2D eigenvalue weighted by molar-refractivity contribution is 0.790. The predicted octanol–water partition coefficient (Wildman–Crippen LogP) is 2.21. The molecule has 4 nitrogen and oxygen atoms in total. The first-order valence-corrected chi connectivity index (χ1v) is 6.04. The van der Waals surface area contributed by atoms with Crippen LogP contribution in [0.5, 0.6) is 0 Å². The normalized spacial score (nSPS) is 12.2. The first kappa shape index (κ1) is 12.5. The molecule has 1 unspecified atom stereocenters. The summed E-state index contributed by atoms with van der Waals surface area (Å²) >= 11 is 0. The second-order valence-electron chi connectivity index (χ2n) is 4.45. The molecule has 2 rings (SSSR count). The van der Waals surface area contributed by atoms with Crippen LogP contribution < -0.4 is 11.1 Å². The van der Waals surface area contributed by atoms with Crippen molar-refractivity contribution in [1.29, 1.82) is 0 Å². The number of rotatable bonds is 4. The number of anilines is 1. The molecular formula is C14H18N4. The van der Waals surface area contributed by atoms with E-state index in [9.17, 15) is 0 Å². The van der Waals surface area contributed by atoms with Crippen LogP contribution in [0.15, 0.2) is 36.7 Å². The van der Waals surface area contributed by atoms with Gasteiger partial charge in [0.2, 0.25) is 5.95 Å². The van der Waals surface area contributed by atoms with Gasteiger partial charge in [-0.25, -0.2) is 9.97 Å². The molecule has 1 heterocycles. The second-order valence-corrected chi connectivity index (χ2v) is 4.45. The first-order valence-electron chi connectivity index (χ1n) is 6.04. The van der Waals surface area contributed by atoms with Crippen molar-refractivity contribution in [2.45, 2.75) is 19.9 Å². The van der Waals surface area contributed by atoms with Crippen molar-refractivity contribution < 1.29 is 0 Å². The van der Waals surface area contributed by atoms with Crippen LogP contribution >= 0.6 is 0 Å². The Morgan fingerprint density at radius 2 is 1.94 bits per heavy atom. The van der Waals surface area contributed by atoms with Gasteiger partial charge >= 0.3 is 0 Å². The molecular weight excluding hydrogens is 224 g/mol. The fourth-order valence-electron chi connectivity index (χ4n) is 1.66. The zero-order valence-corrected chi connectivity index (χ0v) is 10.7. The minimum atomic E-state index is 0.176. The summed E-state index contributed by atoms with van der Waals surface area (Å²) in [6, 6.07) is 8.46. The summed E-state index contributed by atoms with van der Waals surface area (Å²) in [7, 11) is 0. The molecule has 0 fully saturated rings. The standard InChI is InChI=1S/C14H18N4/c1-10-4-3-5-12(6-10)13-8-16-14(17-9-13)18-11(2)7-15/h3-6,8-9,11H,7,15H2,1-2H3,(H,16,17,18). The third kappa shape index (κ3) is 3.05. The molecule has 2 aromatic rings. The molecule has 0 aliphatic rings. The largest absolute Gasteiger partial charge is 0.351 e. The number of aryl methyl sites for hydroxylation is 1. The van der Waals surface area contributed by atoms with E-state index < -0.39 is 0 Å². The third-order valence-corrected chi connectivity index (χ3v) is 2.73. The fourth-order valence-corrected chi connectivity index (χ4v) is 1.66. The van der Waals surface area contributed by atoms with Gasteiger partial charge in [-0.3, -0.25) is 0 Å². The molecule has 0 spiro atoms. The highest BCUT2D eigenvalue weighted by Gasteiger charge is 2.03. The number of aromatic nitrogens is 2.